The van der Waals surface area contributed by atoms with Gasteiger partial charge in [0.05, 0.1) is 0 Å². The van der Waals surface area contributed by atoms with Gasteiger partial charge in [-0.1, -0.05) is 36.8 Å². The number of piperidine rings is 1. The SMILES string of the molecule is CC(OC(N)=O)(c1ccccc1)N1CCCCC1. The summed E-state index contributed by atoms with van der Waals surface area (Å²) in [5.74, 6) is 0. The molecule has 0 spiro atoms. The molecule has 0 aliphatic carbocycles. The molecular formula is C14H20N2O2. The van der Waals surface area contributed by atoms with E-state index < -0.39 is 11.8 Å². The molecule has 98 valence electrons. The minimum absolute atomic E-state index is 0.730. The van der Waals surface area contributed by atoms with E-state index in [4.69, 9.17) is 10.5 Å². The molecule has 1 heterocycles. The summed E-state index contributed by atoms with van der Waals surface area (Å²) in [4.78, 5) is 13.4. The van der Waals surface area contributed by atoms with Crippen LogP contribution in [0.1, 0.15) is 31.7 Å². The summed E-state index contributed by atoms with van der Waals surface area (Å²) in [6.07, 6.45) is 2.76. The van der Waals surface area contributed by atoms with Gasteiger partial charge in [-0.05, 0) is 19.8 Å². The van der Waals surface area contributed by atoms with Crippen LogP contribution in [0, 0.1) is 0 Å². The summed E-state index contributed by atoms with van der Waals surface area (Å²) < 4.78 is 5.43. The number of rotatable bonds is 3. The zero-order chi connectivity index (χ0) is 13.0. The van der Waals surface area contributed by atoms with E-state index >= 15 is 0 Å². The summed E-state index contributed by atoms with van der Waals surface area (Å²) in [6.45, 7) is 3.77. The number of primary amides is 1. The maximum absolute atomic E-state index is 11.2. The summed E-state index contributed by atoms with van der Waals surface area (Å²) in [7, 11) is 0. The maximum atomic E-state index is 11.2. The first kappa shape index (κ1) is 12.9. The average Bonchev–Trinajstić information content (AvgIpc) is 2.40. The molecule has 0 bridgehead atoms. The quantitative estimate of drug-likeness (QED) is 0.893. The third-order valence-electron chi connectivity index (χ3n) is 3.57. The Morgan fingerprint density at radius 3 is 2.39 bits per heavy atom. The maximum Gasteiger partial charge on any atom is 0.406 e. The first-order chi connectivity index (χ1) is 8.63. The second-order valence-corrected chi connectivity index (χ2v) is 4.82. The lowest BCUT2D eigenvalue weighted by molar-refractivity contribution is -0.111. The van der Waals surface area contributed by atoms with Crippen LogP contribution >= 0.6 is 0 Å². The number of ether oxygens (including phenoxy) is 1. The van der Waals surface area contributed by atoms with Crippen molar-refractivity contribution >= 4 is 6.09 Å². The molecule has 0 aromatic heterocycles. The molecule has 1 fully saturated rings. The van der Waals surface area contributed by atoms with Gasteiger partial charge in [0.15, 0.2) is 5.72 Å². The molecule has 1 saturated heterocycles. The Balaban J connectivity index is 2.30. The summed E-state index contributed by atoms with van der Waals surface area (Å²) in [5.41, 5.74) is 5.44. The number of carbonyl (C=O) groups is 1. The molecule has 2 N–H and O–H groups in total. The molecule has 18 heavy (non-hydrogen) atoms. The molecule has 1 unspecified atom stereocenters. The molecule has 1 aliphatic heterocycles. The van der Waals surface area contributed by atoms with Gasteiger partial charge in [0.2, 0.25) is 0 Å². The van der Waals surface area contributed by atoms with Gasteiger partial charge in [0, 0.05) is 18.7 Å². The van der Waals surface area contributed by atoms with Crippen molar-refractivity contribution in [3.63, 3.8) is 0 Å². The average molecular weight is 248 g/mol. The van der Waals surface area contributed by atoms with Crippen LogP contribution in [0.25, 0.3) is 0 Å². The van der Waals surface area contributed by atoms with Gasteiger partial charge >= 0.3 is 6.09 Å². The van der Waals surface area contributed by atoms with Crippen LogP contribution in [-0.4, -0.2) is 24.1 Å². The Bertz CT molecular complexity index is 402. The van der Waals surface area contributed by atoms with Gasteiger partial charge in [-0.3, -0.25) is 4.90 Å². The van der Waals surface area contributed by atoms with E-state index in [9.17, 15) is 4.79 Å². The highest BCUT2D eigenvalue weighted by molar-refractivity contribution is 5.65. The van der Waals surface area contributed by atoms with Crippen molar-refractivity contribution in [2.75, 3.05) is 13.1 Å². The molecule has 4 heteroatoms. The monoisotopic (exact) mass is 248 g/mol. The van der Waals surface area contributed by atoms with E-state index in [-0.39, 0.29) is 0 Å². The van der Waals surface area contributed by atoms with Crippen LogP contribution in [0.4, 0.5) is 4.79 Å². The van der Waals surface area contributed by atoms with Crippen molar-refractivity contribution in [3.05, 3.63) is 35.9 Å². The van der Waals surface area contributed by atoms with Crippen LogP contribution < -0.4 is 5.73 Å². The highest BCUT2D eigenvalue weighted by Crippen LogP contribution is 2.32. The van der Waals surface area contributed by atoms with Gasteiger partial charge in [0.25, 0.3) is 0 Å². The molecule has 1 atom stereocenters. The lowest BCUT2D eigenvalue weighted by Crippen LogP contribution is -2.50. The van der Waals surface area contributed by atoms with Crippen LogP contribution in [0.2, 0.25) is 0 Å². The predicted octanol–water partition coefficient (Wildman–Crippen LogP) is 2.44. The number of likely N-dealkylation sites (tertiary alicyclic amines) is 1. The number of benzene rings is 1. The summed E-state index contributed by atoms with van der Waals surface area (Å²) in [6, 6.07) is 9.78. The standard InChI is InChI=1S/C14H20N2O2/c1-14(18-13(15)17,12-8-4-2-5-9-12)16-10-6-3-7-11-16/h2,4-5,8-9H,3,6-7,10-11H2,1H3,(H2,15,17). The second kappa shape index (κ2) is 5.40. The molecule has 0 radical (unpaired) electrons. The van der Waals surface area contributed by atoms with Crippen molar-refractivity contribution in [1.29, 1.82) is 0 Å². The Labute approximate surface area is 108 Å². The minimum atomic E-state index is -0.756. The largest absolute Gasteiger partial charge is 0.424 e. The van der Waals surface area contributed by atoms with Gasteiger partial charge in [-0.2, -0.15) is 0 Å². The zero-order valence-corrected chi connectivity index (χ0v) is 10.8. The van der Waals surface area contributed by atoms with E-state index in [1.54, 1.807) is 0 Å². The van der Waals surface area contributed by atoms with Gasteiger partial charge in [-0.15, -0.1) is 0 Å². The first-order valence-corrected chi connectivity index (χ1v) is 6.42. The third-order valence-corrected chi connectivity index (χ3v) is 3.57. The molecule has 2 rings (SSSR count). The van der Waals surface area contributed by atoms with E-state index in [0.29, 0.717) is 0 Å². The third kappa shape index (κ3) is 2.64. The Hall–Kier alpha value is -1.55. The topological polar surface area (TPSA) is 55.6 Å². The van der Waals surface area contributed by atoms with Crippen molar-refractivity contribution < 1.29 is 9.53 Å². The number of amides is 1. The van der Waals surface area contributed by atoms with E-state index in [2.05, 4.69) is 4.90 Å². The summed E-state index contributed by atoms with van der Waals surface area (Å²) in [5, 5.41) is 0. The first-order valence-electron chi connectivity index (χ1n) is 6.42. The Morgan fingerprint density at radius 2 is 1.83 bits per heavy atom. The lowest BCUT2D eigenvalue weighted by atomic mass is 9.99. The number of carbonyl (C=O) groups excluding carboxylic acids is 1. The minimum Gasteiger partial charge on any atom is -0.424 e. The molecular weight excluding hydrogens is 228 g/mol. The van der Waals surface area contributed by atoms with Crippen molar-refractivity contribution in [2.45, 2.75) is 31.9 Å². The van der Waals surface area contributed by atoms with Crippen LogP contribution in [0.5, 0.6) is 0 Å². The highest BCUT2D eigenvalue weighted by Gasteiger charge is 2.37. The Kier molecular flexibility index (Phi) is 3.87. The predicted molar refractivity (Wildman–Crippen MR) is 69.9 cm³/mol. The fraction of sp³-hybridized carbons (Fsp3) is 0.500. The second-order valence-electron chi connectivity index (χ2n) is 4.82. The summed E-state index contributed by atoms with van der Waals surface area (Å²) >= 11 is 0. The Morgan fingerprint density at radius 1 is 1.22 bits per heavy atom. The van der Waals surface area contributed by atoms with Gasteiger partial charge in [-0.25, -0.2) is 4.79 Å². The molecule has 4 nitrogen and oxygen atoms in total. The number of hydrogen-bond acceptors (Lipinski definition) is 3. The van der Waals surface area contributed by atoms with Crippen molar-refractivity contribution in [2.24, 2.45) is 5.73 Å². The molecule has 1 amide bonds. The fourth-order valence-electron chi connectivity index (χ4n) is 2.57. The van der Waals surface area contributed by atoms with Gasteiger partial charge in [0.1, 0.15) is 0 Å². The van der Waals surface area contributed by atoms with Gasteiger partial charge < -0.3 is 10.5 Å². The normalized spacial score (nSPS) is 20.1. The molecule has 1 aromatic carbocycles. The molecule has 0 saturated carbocycles. The molecule has 1 aliphatic rings. The lowest BCUT2D eigenvalue weighted by Gasteiger charge is -2.42. The number of nitrogens with zero attached hydrogens (tertiary/aromatic N) is 1. The van der Waals surface area contributed by atoms with Crippen molar-refractivity contribution in [1.82, 2.24) is 4.90 Å². The van der Waals surface area contributed by atoms with Crippen molar-refractivity contribution in [3.8, 4) is 0 Å². The number of hydrogen-bond donors (Lipinski definition) is 1. The highest BCUT2D eigenvalue weighted by atomic mass is 16.6. The smallest absolute Gasteiger partial charge is 0.406 e. The van der Waals surface area contributed by atoms with Crippen LogP contribution in [0.15, 0.2) is 30.3 Å². The van der Waals surface area contributed by atoms with Crippen LogP contribution in [0.3, 0.4) is 0 Å². The van der Waals surface area contributed by atoms with E-state index in [1.165, 1.54) is 6.42 Å². The molecule has 1 aromatic rings. The fourth-order valence-corrected chi connectivity index (χ4v) is 2.57. The van der Waals surface area contributed by atoms with E-state index in [1.807, 2.05) is 37.3 Å². The zero-order valence-electron chi connectivity index (χ0n) is 10.8. The van der Waals surface area contributed by atoms with Crippen LogP contribution in [-0.2, 0) is 10.5 Å². The van der Waals surface area contributed by atoms with E-state index in [0.717, 1.165) is 31.5 Å². The number of nitrogens with two attached hydrogens (primary N) is 1.